The van der Waals surface area contributed by atoms with Crippen molar-refractivity contribution in [2.75, 3.05) is 16.0 Å². The fourth-order valence-electron chi connectivity index (χ4n) is 2.72. The van der Waals surface area contributed by atoms with E-state index in [1.54, 1.807) is 0 Å². The molecule has 2 aromatic carbocycles. The number of nitrogens with one attached hydrogen (secondary N) is 3. The van der Waals surface area contributed by atoms with Gasteiger partial charge in [0.15, 0.2) is 0 Å². The van der Waals surface area contributed by atoms with Gasteiger partial charge in [-0.05, 0) is 39.0 Å². The van der Waals surface area contributed by atoms with Gasteiger partial charge in [0, 0.05) is 35.5 Å². The lowest BCUT2D eigenvalue weighted by atomic mass is 10.1. The highest BCUT2D eigenvalue weighted by Crippen LogP contribution is 2.25. The summed E-state index contributed by atoms with van der Waals surface area (Å²) in [5, 5.41) is 9.43. The van der Waals surface area contributed by atoms with Gasteiger partial charge in [-0.1, -0.05) is 36.4 Å². The number of nitrogens with zero attached hydrogens (tertiary/aromatic N) is 2. The number of rotatable bonds is 5. The van der Waals surface area contributed by atoms with Crippen LogP contribution in [0.1, 0.15) is 27.7 Å². The van der Waals surface area contributed by atoms with Crippen LogP contribution in [0.25, 0.3) is 11.3 Å². The number of hydrogen-bond acceptors (Lipinski definition) is 5. The molecule has 0 aliphatic heterocycles. The van der Waals surface area contributed by atoms with Crippen LogP contribution in [-0.2, 0) is 4.79 Å². The zero-order valence-corrected chi connectivity index (χ0v) is 16.6. The third-order valence-corrected chi connectivity index (χ3v) is 3.74. The number of amides is 1. The number of carbonyl (C=O) groups is 1. The fraction of sp³-hybridized carbons (Fsp3) is 0.227. The molecule has 0 unspecified atom stereocenters. The molecule has 0 bridgehead atoms. The van der Waals surface area contributed by atoms with Crippen molar-refractivity contribution in [2.24, 2.45) is 0 Å². The lowest BCUT2D eigenvalue weighted by Crippen LogP contribution is -2.26. The number of aromatic nitrogens is 2. The van der Waals surface area contributed by atoms with Crippen LogP contribution in [0.2, 0.25) is 0 Å². The van der Waals surface area contributed by atoms with E-state index in [0.29, 0.717) is 11.6 Å². The molecule has 6 heteroatoms. The molecule has 0 aliphatic rings. The predicted molar refractivity (Wildman–Crippen MR) is 115 cm³/mol. The van der Waals surface area contributed by atoms with E-state index in [1.807, 2.05) is 60.7 Å². The lowest BCUT2D eigenvalue weighted by Gasteiger charge is -2.22. The first-order valence-corrected chi connectivity index (χ1v) is 9.16. The molecule has 1 amide bonds. The summed E-state index contributed by atoms with van der Waals surface area (Å²) in [5.74, 6) is 1.10. The van der Waals surface area contributed by atoms with E-state index in [-0.39, 0.29) is 11.4 Å². The molecule has 1 heterocycles. The standard InChI is InChI=1S/C22H25N5O/c1-15(28)23-17-11-8-12-18(13-17)24-21-25-19(16-9-6-5-7-10-16)14-20(26-21)27-22(2,3)4/h5-14H,1-4H3,(H,23,28)(H2,24,25,26,27). The van der Waals surface area contributed by atoms with Gasteiger partial charge in [-0.3, -0.25) is 4.79 Å². The molecule has 6 nitrogen and oxygen atoms in total. The summed E-state index contributed by atoms with van der Waals surface area (Å²) in [6.45, 7) is 7.74. The minimum Gasteiger partial charge on any atom is -0.365 e. The second kappa shape index (κ2) is 8.08. The fourth-order valence-corrected chi connectivity index (χ4v) is 2.72. The first-order valence-electron chi connectivity index (χ1n) is 9.16. The van der Waals surface area contributed by atoms with Gasteiger partial charge < -0.3 is 16.0 Å². The summed E-state index contributed by atoms with van der Waals surface area (Å²) in [6.07, 6.45) is 0. The van der Waals surface area contributed by atoms with Crippen LogP contribution >= 0.6 is 0 Å². The third kappa shape index (κ3) is 5.54. The van der Waals surface area contributed by atoms with Gasteiger partial charge in [-0.25, -0.2) is 4.98 Å². The van der Waals surface area contributed by atoms with E-state index in [9.17, 15) is 4.79 Å². The third-order valence-electron chi connectivity index (χ3n) is 3.74. The Balaban J connectivity index is 1.95. The molecule has 0 spiro atoms. The van der Waals surface area contributed by atoms with Crippen LogP contribution in [-0.4, -0.2) is 21.4 Å². The predicted octanol–water partition coefficient (Wildman–Crippen LogP) is 5.06. The Bertz CT molecular complexity index is 964. The van der Waals surface area contributed by atoms with Gasteiger partial charge in [-0.2, -0.15) is 4.98 Å². The molecule has 144 valence electrons. The smallest absolute Gasteiger partial charge is 0.229 e. The summed E-state index contributed by atoms with van der Waals surface area (Å²) >= 11 is 0. The average Bonchev–Trinajstić information content (AvgIpc) is 2.60. The van der Waals surface area contributed by atoms with Gasteiger partial charge in [0.25, 0.3) is 0 Å². The molecule has 0 radical (unpaired) electrons. The molecule has 3 rings (SSSR count). The molecule has 3 N–H and O–H groups in total. The average molecular weight is 375 g/mol. The van der Waals surface area contributed by atoms with Crippen LogP contribution in [0.15, 0.2) is 60.7 Å². The second-order valence-corrected chi connectivity index (χ2v) is 7.59. The molecular weight excluding hydrogens is 350 g/mol. The normalized spacial score (nSPS) is 11.0. The SMILES string of the molecule is CC(=O)Nc1cccc(Nc2nc(NC(C)(C)C)cc(-c3ccccc3)n2)c1. The first kappa shape index (κ1) is 19.4. The van der Waals surface area contributed by atoms with Gasteiger partial charge in [0.2, 0.25) is 11.9 Å². The summed E-state index contributed by atoms with van der Waals surface area (Å²) in [7, 11) is 0. The molecule has 28 heavy (non-hydrogen) atoms. The van der Waals surface area contributed by atoms with Gasteiger partial charge in [0.1, 0.15) is 5.82 Å². The molecule has 1 aromatic heterocycles. The van der Waals surface area contributed by atoms with Crippen molar-refractivity contribution < 1.29 is 4.79 Å². The van der Waals surface area contributed by atoms with Crippen LogP contribution in [0.4, 0.5) is 23.1 Å². The number of benzene rings is 2. The summed E-state index contributed by atoms with van der Waals surface area (Å²) in [6, 6.07) is 19.4. The van der Waals surface area contributed by atoms with Crippen LogP contribution in [0, 0.1) is 0 Å². The van der Waals surface area contributed by atoms with Gasteiger partial charge in [0.05, 0.1) is 5.69 Å². The Morgan fingerprint density at radius 3 is 2.29 bits per heavy atom. The summed E-state index contributed by atoms with van der Waals surface area (Å²) < 4.78 is 0. The minimum absolute atomic E-state index is 0.115. The molecule has 0 fully saturated rings. The second-order valence-electron chi connectivity index (χ2n) is 7.59. The van der Waals surface area contributed by atoms with Crippen molar-refractivity contribution in [3.05, 3.63) is 60.7 Å². The number of anilines is 4. The zero-order valence-electron chi connectivity index (χ0n) is 16.6. The topological polar surface area (TPSA) is 78.9 Å². The number of hydrogen-bond donors (Lipinski definition) is 3. The van der Waals surface area contributed by atoms with E-state index in [4.69, 9.17) is 0 Å². The van der Waals surface area contributed by atoms with E-state index in [0.717, 1.165) is 22.8 Å². The molecule has 3 aromatic rings. The highest BCUT2D eigenvalue weighted by Gasteiger charge is 2.13. The van der Waals surface area contributed by atoms with Crippen molar-refractivity contribution >= 4 is 29.0 Å². The Labute approximate surface area is 165 Å². The molecule has 0 aliphatic carbocycles. The minimum atomic E-state index is -0.134. The number of carbonyl (C=O) groups excluding carboxylic acids is 1. The lowest BCUT2D eigenvalue weighted by molar-refractivity contribution is -0.114. The summed E-state index contributed by atoms with van der Waals surface area (Å²) in [5.41, 5.74) is 3.20. The van der Waals surface area contributed by atoms with E-state index in [2.05, 4.69) is 46.7 Å². The highest BCUT2D eigenvalue weighted by molar-refractivity contribution is 5.89. The highest BCUT2D eigenvalue weighted by atomic mass is 16.1. The largest absolute Gasteiger partial charge is 0.365 e. The van der Waals surface area contributed by atoms with Crippen LogP contribution in [0.5, 0.6) is 0 Å². The monoisotopic (exact) mass is 375 g/mol. The molecule has 0 saturated carbocycles. The Morgan fingerprint density at radius 1 is 0.893 bits per heavy atom. The van der Waals surface area contributed by atoms with Crippen LogP contribution in [0.3, 0.4) is 0 Å². The van der Waals surface area contributed by atoms with E-state index >= 15 is 0 Å². The Kier molecular flexibility index (Phi) is 5.59. The summed E-state index contributed by atoms with van der Waals surface area (Å²) in [4.78, 5) is 20.6. The van der Waals surface area contributed by atoms with Crippen molar-refractivity contribution in [2.45, 2.75) is 33.2 Å². The van der Waals surface area contributed by atoms with Gasteiger partial charge in [-0.15, -0.1) is 0 Å². The van der Waals surface area contributed by atoms with Crippen molar-refractivity contribution in [1.82, 2.24) is 9.97 Å². The maximum atomic E-state index is 11.3. The van der Waals surface area contributed by atoms with E-state index in [1.165, 1.54) is 6.92 Å². The maximum absolute atomic E-state index is 11.3. The Hall–Kier alpha value is -3.41. The quantitative estimate of drug-likeness (QED) is 0.581. The molecule has 0 atom stereocenters. The van der Waals surface area contributed by atoms with Gasteiger partial charge >= 0.3 is 0 Å². The van der Waals surface area contributed by atoms with Crippen molar-refractivity contribution in [3.8, 4) is 11.3 Å². The molecule has 0 saturated heterocycles. The van der Waals surface area contributed by atoms with E-state index < -0.39 is 0 Å². The first-order chi connectivity index (χ1) is 13.3. The van der Waals surface area contributed by atoms with Crippen molar-refractivity contribution in [3.63, 3.8) is 0 Å². The Morgan fingerprint density at radius 2 is 1.61 bits per heavy atom. The van der Waals surface area contributed by atoms with Crippen molar-refractivity contribution in [1.29, 1.82) is 0 Å². The maximum Gasteiger partial charge on any atom is 0.229 e. The zero-order chi connectivity index (χ0) is 20.1. The molecular formula is C22H25N5O. The van der Waals surface area contributed by atoms with Crippen LogP contribution < -0.4 is 16.0 Å².